The number of hydrogen-bond acceptors (Lipinski definition) is 0. The van der Waals surface area contributed by atoms with E-state index < -0.39 is 7.26 Å². The Labute approximate surface area is 149 Å². The van der Waals surface area contributed by atoms with Gasteiger partial charge in [-0.1, -0.05) is 58.2 Å². The first kappa shape index (κ1) is 21.7. The summed E-state index contributed by atoms with van der Waals surface area (Å²) in [6.45, 7) is 6.91. The maximum absolute atomic E-state index is 3.82. The second kappa shape index (κ2) is 13.2. The Morgan fingerprint density at radius 3 is 1.64 bits per heavy atom. The topological polar surface area (TPSA) is 0 Å². The Bertz CT molecular complexity index is 408. The highest BCUT2D eigenvalue weighted by Crippen LogP contribution is 2.59. The summed E-state index contributed by atoms with van der Waals surface area (Å²) in [6.07, 6.45) is 12.1. The largest absolute Gasteiger partial charge is 1.00 e. The van der Waals surface area contributed by atoms with E-state index in [1.165, 1.54) is 62.6 Å². The first-order valence-corrected chi connectivity index (χ1v) is 11.0. The van der Waals surface area contributed by atoms with Crippen LogP contribution in [-0.4, -0.2) is 18.5 Å². The molecule has 0 aromatic heterocycles. The van der Waals surface area contributed by atoms with E-state index in [9.17, 15) is 0 Å². The van der Waals surface area contributed by atoms with Gasteiger partial charge >= 0.3 is 0 Å². The first-order valence-electron chi connectivity index (χ1n) is 8.70. The van der Waals surface area contributed by atoms with Crippen molar-refractivity contribution < 1.29 is 17.0 Å². The smallest absolute Gasteiger partial charge is 0.0924 e. The second-order valence-electron chi connectivity index (χ2n) is 5.98. The van der Waals surface area contributed by atoms with Gasteiger partial charge < -0.3 is 17.0 Å². The molecule has 124 valence electrons. The van der Waals surface area contributed by atoms with Gasteiger partial charge in [-0.15, -0.1) is 0 Å². The summed E-state index contributed by atoms with van der Waals surface area (Å²) in [4.78, 5) is 0. The van der Waals surface area contributed by atoms with Gasteiger partial charge in [-0.05, 0) is 37.3 Å². The third-order valence-corrected chi connectivity index (χ3v) is 8.13. The fraction of sp³-hybridized carbons (Fsp3) is 0.600. The zero-order valence-electron chi connectivity index (χ0n) is 14.6. The molecule has 22 heavy (non-hydrogen) atoms. The molecule has 0 aliphatic carbocycles. The minimum Gasteiger partial charge on any atom is -1.00 e. The van der Waals surface area contributed by atoms with Crippen LogP contribution in [-0.2, 0) is 0 Å². The maximum Gasteiger partial charge on any atom is 0.0924 e. The second-order valence-corrected chi connectivity index (χ2v) is 9.84. The quantitative estimate of drug-likeness (QED) is 0.453. The molecule has 0 nitrogen and oxygen atoms in total. The zero-order valence-corrected chi connectivity index (χ0v) is 17.1. The van der Waals surface area contributed by atoms with Crippen LogP contribution in [0.1, 0.15) is 64.9 Å². The Kier molecular flexibility index (Phi) is 13.0. The molecule has 0 fully saturated rings. The Hall–Kier alpha value is -0.310. The minimum atomic E-state index is -1.07. The van der Waals surface area contributed by atoms with Gasteiger partial charge in [0.2, 0.25) is 0 Å². The molecule has 0 aliphatic heterocycles. The highest BCUT2D eigenvalue weighted by atomic mass is 79.9. The van der Waals surface area contributed by atoms with E-state index in [-0.39, 0.29) is 17.0 Å². The summed E-state index contributed by atoms with van der Waals surface area (Å²) in [7, 11) is -1.07. The minimum absolute atomic E-state index is 0. The van der Waals surface area contributed by atoms with Crippen molar-refractivity contribution in [2.45, 2.75) is 59.3 Å². The molecule has 1 rings (SSSR count). The summed E-state index contributed by atoms with van der Waals surface area (Å²) < 4.78 is 0. The van der Waals surface area contributed by atoms with Gasteiger partial charge in [0.1, 0.15) is 0 Å². The van der Waals surface area contributed by atoms with Crippen LogP contribution in [0.5, 0.6) is 0 Å². The number of hydrogen-bond donors (Lipinski definition) is 0. The fourth-order valence-electron chi connectivity index (χ4n) is 2.59. The molecule has 0 unspecified atom stereocenters. The van der Waals surface area contributed by atoms with E-state index in [4.69, 9.17) is 0 Å². The monoisotopic (exact) mass is 382 g/mol. The molecular formula is C20H32BrP. The van der Waals surface area contributed by atoms with E-state index >= 15 is 0 Å². The van der Waals surface area contributed by atoms with Crippen molar-refractivity contribution in [3.8, 4) is 11.6 Å². The predicted molar refractivity (Wildman–Crippen MR) is 99.6 cm³/mol. The lowest BCUT2D eigenvalue weighted by atomic mass is 10.2. The van der Waals surface area contributed by atoms with Crippen molar-refractivity contribution in [3.05, 3.63) is 35.9 Å². The summed E-state index contributed by atoms with van der Waals surface area (Å²) in [5.41, 5.74) is 5.00. The van der Waals surface area contributed by atoms with E-state index in [2.05, 4.69) is 62.7 Å². The van der Waals surface area contributed by atoms with Crippen LogP contribution in [0.15, 0.2) is 30.3 Å². The van der Waals surface area contributed by atoms with Gasteiger partial charge in [0.25, 0.3) is 0 Å². The highest BCUT2D eigenvalue weighted by molar-refractivity contribution is 7.80. The van der Waals surface area contributed by atoms with Crippen molar-refractivity contribution in [1.29, 1.82) is 0 Å². The Morgan fingerprint density at radius 1 is 0.773 bits per heavy atom. The number of rotatable bonds is 9. The standard InChI is InChI=1S/C20H32P.BrH/c1-4-7-16-21(17-8-5-2,18-9-6-3)19-15-20-13-11-10-12-14-20;/h10-14H,4-9,16-18H2,1-3H3;1H/q+1;/p-1. The molecule has 0 aliphatic rings. The SMILES string of the molecule is CCCC[P+](C#Cc1ccccc1)(CCCC)CCCC.[Br-]. The van der Waals surface area contributed by atoms with Crippen molar-refractivity contribution in [1.82, 2.24) is 0 Å². The van der Waals surface area contributed by atoms with Crippen LogP contribution >= 0.6 is 7.26 Å². The van der Waals surface area contributed by atoms with Crippen molar-refractivity contribution >= 4 is 7.26 Å². The molecular weight excluding hydrogens is 351 g/mol. The molecule has 0 bridgehead atoms. The lowest BCUT2D eigenvalue weighted by Crippen LogP contribution is -3.00. The summed E-state index contributed by atoms with van der Waals surface area (Å²) in [6, 6.07) is 10.5. The normalized spacial score (nSPS) is 10.5. The Balaban J connectivity index is 0.00000441. The van der Waals surface area contributed by atoms with Gasteiger partial charge in [-0.25, -0.2) is 0 Å². The third-order valence-electron chi connectivity index (χ3n) is 4.03. The van der Waals surface area contributed by atoms with Crippen LogP contribution in [0.2, 0.25) is 0 Å². The van der Waals surface area contributed by atoms with E-state index in [1.54, 1.807) is 0 Å². The predicted octanol–water partition coefficient (Wildman–Crippen LogP) is 3.42. The molecule has 0 spiro atoms. The van der Waals surface area contributed by atoms with E-state index in [0.717, 1.165) is 0 Å². The van der Waals surface area contributed by atoms with Crippen LogP contribution in [0.3, 0.4) is 0 Å². The lowest BCUT2D eigenvalue weighted by Gasteiger charge is -2.21. The first-order chi connectivity index (χ1) is 10.3. The molecule has 2 heteroatoms. The van der Waals surface area contributed by atoms with Gasteiger partial charge in [-0.3, -0.25) is 0 Å². The zero-order chi connectivity index (χ0) is 15.4. The highest BCUT2D eigenvalue weighted by Gasteiger charge is 2.34. The van der Waals surface area contributed by atoms with E-state index in [0.29, 0.717) is 0 Å². The van der Waals surface area contributed by atoms with Crippen molar-refractivity contribution in [2.75, 3.05) is 18.5 Å². The van der Waals surface area contributed by atoms with Crippen molar-refractivity contribution in [3.63, 3.8) is 0 Å². The van der Waals surface area contributed by atoms with Crippen LogP contribution in [0.25, 0.3) is 0 Å². The Morgan fingerprint density at radius 2 is 1.23 bits per heavy atom. The van der Waals surface area contributed by atoms with Gasteiger partial charge in [0, 0.05) is 5.56 Å². The molecule has 0 atom stereocenters. The molecule has 0 saturated heterocycles. The average molecular weight is 383 g/mol. The summed E-state index contributed by atoms with van der Waals surface area (Å²) >= 11 is 0. The van der Waals surface area contributed by atoms with Crippen LogP contribution in [0.4, 0.5) is 0 Å². The number of benzene rings is 1. The molecule has 0 heterocycles. The van der Waals surface area contributed by atoms with Crippen LogP contribution in [0, 0.1) is 11.6 Å². The fourth-order valence-corrected chi connectivity index (χ4v) is 6.73. The molecule has 0 radical (unpaired) electrons. The van der Waals surface area contributed by atoms with Gasteiger partial charge in [0.15, 0.2) is 0 Å². The summed E-state index contributed by atoms with van der Waals surface area (Å²) in [5.74, 6) is 3.51. The molecule has 0 saturated carbocycles. The molecule has 1 aromatic rings. The maximum atomic E-state index is 3.82. The van der Waals surface area contributed by atoms with Gasteiger partial charge in [-0.2, -0.15) is 0 Å². The number of unbranched alkanes of at least 4 members (excludes halogenated alkanes) is 3. The van der Waals surface area contributed by atoms with Gasteiger partial charge in [0.05, 0.1) is 31.4 Å². The summed E-state index contributed by atoms with van der Waals surface area (Å²) in [5, 5.41) is 0. The van der Waals surface area contributed by atoms with Crippen LogP contribution < -0.4 is 17.0 Å². The van der Waals surface area contributed by atoms with E-state index in [1.807, 2.05) is 0 Å². The lowest BCUT2D eigenvalue weighted by molar-refractivity contribution is -0.00000459. The molecule has 1 aromatic carbocycles. The number of halogens is 1. The van der Waals surface area contributed by atoms with Crippen molar-refractivity contribution in [2.24, 2.45) is 0 Å². The third kappa shape index (κ3) is 8.36. The average Bonchev–Trinajstić information content (AvgIpc) is 2.54. The molecule has 0 N–H and O–H groups in total. The molecule has 0 amide bonds.